The standard InChI is InChI=1S/C13H28B2O4/c1-10(14(16)17)8-9-13(7)12(5,6)18-15(19-13)11(2,3)4/h10,16-17H,8-9H2,1-7H3. The molecular weight excluding hydrogens is 242 g/mol. The van der Waals surface area contributed by atoms with E-state index in [1.54, 1.807) is 0 Å². The van der Waals surface area contributed by atoms with Crippen LogP contribution in [0.1, 0.15) is 61.3 Å². The van der Waals surface area contributed by atoms with Crippen LogP contribution in [0.15, 0.2) is 0 Å². The third-order valence-corrected chi connectivity index (χ3v) is 4.34. The van der Waals surface area contributed by atoms with Crippen LogP contribution in [0.5, 0.6) is 0 Å². The summed E-state index contributed by atoms with van der Waals surface area (Å²) in [6, 6.07) is 0. The first-order valence-electron chi connectivity index (χ1n) is 7.11. The summed E-state index contributed by atoms with van der Waals surface area (Å²) in [5.41, 5.74) is -0.792. The third-order valence-electron chi connectivity index (χ3n) is 4.34. The molecule has 6 heteroatoms. The fourth-order valence-corrected chi connectivity index (χ4v) is 2.16. The average Bonchev–Trinajstić information content (AvgIpc) is 2.46. The van der Waals surface area contributed by atoms with Gasteiger partial charge in [0.15, 0.2) is 0 Å². The van der Waals surface area contributed by atoms with Crippen molar-refractivity contribution in [2.24, 2.45) is 0 Å². The van der Waals surface area contributed by atoms with Gasteiger partial charge in [0.1, 0.15) is 0 Å². The molecule has 1 aliphatic rings. The van der Waals surface area contributed by atoms with Gasteiger partial charge in [-0.3, -0.25) is 0 Å². The summed E-state index contributed by atoms with van der Waals surface area (Å²) in [7, 11) is -1.51. The van der Waals surface area contributed by atoms with Crippen LogP contribution in [0.2, 0.25) is 11.1 Å². The Morgan fingerprint density at radius 3 is 2.05 bits per heavy atom. The molecule has 1 saturated heterocycles. The predicted octanol–water partition coefficient (Wildman–Crippen LogP) is 2.50. The summed E-state index contributed by atoms with van der Waals surface area (Å²) in [5.74, 6) is -0.162. The van der Waals surface area contributed by atoms with E-state index < -0.39 is 12.7 Å². The van der Waals surface area contributed by atoms with Crippen molar-refractivity contribution in [1.29, 1.82) is 0 Å². The zero-order valence-electron chi connectivity index (χ0n) is 13.4. The SMILES string of the molecule is CC(CCC1(C)OB(C(C)(C)C)OC1(C)C)B(O)O. The lowest BCUT2D eigenvalue weighted by molar-refractivity contribution is -0.0173. The number of hydrogen-bond acceptors (Lipinski definition) is 4. The van der Waals surface area contributed by atoms with Crippen molar-refractivity contribution in [2.75, 3.05) is 0 Å². The predicted molar refractivity (Wildman–Crippen MR) is 79.0 cm³/mol. The first-order valence-corrected chi connectivity index (χ1v) is 7.11. The second-order valence-electron chi connectivity index (χ2n) is 7.60. The highest BCUT2D eigenvalue weighted by atomic mass is 16.7. The van der Waals surface area contributed by atoms with Crippen molar-refractivity contribution in [3.63, 3.8) is 0 Å². The van der Waals surface area contributed by atoms with E-state index >= 15 is 0 Å². The molecule has 110 valence electrons. The Bertz CT molecular complexity index is 314. The first kappa shape index (κ1) is 17.0. The van der Waals surface area contributed by atoms with Gasteiger partial charge in [-0.15, -0.1) is 0 Å². The Kier molecular flexibility index (Phi) is 4.83. The topological polar surface area (TPSA) is 58.9 Å². The summed E-state index contributed by atoms with van der Waals surface area (Å²) in [6.45, 7) is 14.3. The van der Waals surface area contributed by atoms with Crippen molar-refractivity contribution in [1.82, 2.24) is 0 Å². The van der Waals surface area contributed by atoms with Gasteiger partial charge in [0.25, 0.3) is 0 Å². The highest BCUT2D eigenvalue weighted by Crippen LogP contribution is 2.47. The first-order chi connectivity index (χ1) is 8.39. The molecule has 1 fully saturated rings. The van der Waals surface area contributed by atoms with Gasteiger partial charge in [-0.1, -0.05) is 27.7 Å². The zero-order chi connectivity index (χ0) is 15.1. The Morgan fingerprint density at radius 1 is 1.16 bits per heavy atom. The minimum Gasteiger partial charge on any atom is -0.427 e. The molecule has 0 aromatic carbocycles. The van der Waals surface area contributed by atoms with Crippen molar-refractivity contribution < 1.29 is 19.4 Å². The Hall–Kier alpha value is -0.0301. The van der Waals surface area contributed by atoms with E-state index in [0.29, 0.717) is 6.42 Å². The molecule has 0 bridgehead atoms. The van der Waals surface area contributed by atoms with E-state index in [4.69, 9.17) is 9.31 Å². The van der Waals surface area contributed by atoms with Gasteiger partial charge < -0.3 is 19.4 Å². The quantitative estimate of drug-likeness (QED) is 0.770. The van der Waals surface area contributed by atoms with Crippen LogP contribution in [0.4, 0.5) is 0 Å². The molecule has 2 atom stereocenters. The summed E-state index contributed by atoms with van der Waals surface area (Å²) < 4.78 is 12.2. The van der Waals surface area contributed by atoms with Crippen LogP contribution in [-0.4, -0.2) is 35.5 Å². The summed E-state index contributed by atoms with van der Waals surface area (Å²) in [4.78, 5) is 0. The summed E-state index contributed by atoms with van der Waals surface area (Å²) in [5, 5.41) is 18.3. The molecule has 1 heterocycles. The second-order valence-corrected chi connectivity index (χ2v) is 7.60. The molecule has 1 rings (SSSR count). The molecule has 0 spiro atoms. The van der Waals surface area contributed by atoms with E-state index in [-0.39, 0.29) is 23.9 Å². The average molecular weight is 270 g/mol. The maximum atomic E-state index is 9.17. The van der Waals surface area contributed by atoms with Gasteiger partial charge in [0.2, 0.25) is 0 Å². The van der Waals surface area contributed by atoms with Crippen LogP contribution in [0.25, 0.3) is 0 Å². The lowest BCUT2D eigenvalue weighted by Crippen LogP contribution is -2.45. The Balaban J connectivity index is 2.74. The number of rotatable bonds is 4. The molecule has 0 amide bonds. The van der Waals surface area contributed by atoms with Gasteiger partial charge >= 0.3 is 14.2 Å². The molecule has 0 aliphatic carbocycles. The summed E-state index contributed by atoms with van der Waals surface area (Å²) >= 11 is 0. The van der Waals surface area contributed by atoms with Crippen LogP contribution < -0.4 is 0 Å². The van der Waals surface area contributed by atoms with Gasteiger partial charge in [-0.05, 0) is 44.7 Å². The largest absolute Gasteiger partial charge is 0.463 e. The summed E-state index contributed by atoms with van der Waals surface area (Å²) in [6.07, 6.45) is 1.43. The fourth-order valence-electron chi connectivity index (χ4n) is 2.16. The van der Waals surface area contributed by atoms with E-state index in [2.05, 4.69) is 27.7 Å². The molecule has 0 aromatic heterocycles. The van der Waals surface area contributed by atoms with Gasteiger partial charge in [0, 0.05) is 0 Å². The maximum absolute atomic E-state index is 9.17. The lowest BCUT2D eigenvalue weighted by Gasteiger charge is -2.37. The molecular formula is C13H28B2O4. The molecule has 4 nitrogen and oxygen atoms in total. The van der Waals surface area contributed by atoms with E-state index in [9.17, 15) is 10.0 Å². The van der Waals surface area contributed by atoms with Crippen molar-refractivity contribution in [3.05, 3.63) is 0 Å². The molecule has 0 saturated carbocycles. The zero-order valence-corrected chi connectivity index (χ0v) is 13.4. The van der Waals surface area contributed by atoms with E-state index in [1.807, 2.05) is 20.8 Å². The van der Waals surface area contributed by atoms with E-state index in [1.165, 1.54) is 0 Å². The van der Waals surface area contributed by atoms with Crippen LogP contribution in [0.3, 0.4) is 0 Å². The molecule has 2 N–H and O–H groups in total. The monoisotopic (exact) mass is 270 g/mol. The molecule has 1 aliphatic heterocycles. The van der Waals surface area contributed by atoms with Crippen molar-refractivity contribution in [3.8, 4) is 0 Å². The van der Waals surface area contributed by atoms with Gasteiger partial charge in [0.05, 0.1) is 11.2 Å². The van der Waals surface area contributed by atoms with Crippen LogP contribution >= 0.6 is 0 Å². The molecule has 0 aromatic rings. The highest BCUT2D eigenvalue weighted by molar-refractivity contribution is 6.49. The maximum Gasteiger partial charge on any atom is 0.463 e. The molecule has 2 unspecified atom stereocenters. The Labute approximate surface area is 118 Å². The number of hydrogen-bond donors (Lipinski definition) is 2. The van der Waals surface area contributed by atoms with Crippen LogP contribution in [0, 0.1) is 0 Å². The normalized spacial score (nSPS) is 28.6. The second kappa shape index (κ2) is 5.40. The van der Waals surface area contributed by atoms with Crippen molar-refractivity contribution >= 4 is 14.2 Å². The lowest BCUT2D eigenvalue weighted by atomic mass is 9.61. The Morgan fingerprint density at radius 2 is 1.68 bits per heavy atom. The minimum atomic E-state index is -1.27. The van der Waals surface area contributed by atoms with Gasteiger partial charge in [-0.2, -0.15) is 0 Å². The van der Waals surface area contributed by atoms with Crippen LogP contribution in [-0.2, 0) is 9.31 Å². The van der Waals surface area contributed by atoms with E-state index in [0.717, 1.165) is 6.42 Å². The van der Waals surface area contributed by atoms with Crippen molar-refractivity contribution in [2.45, 2.75) is 83.6 Å². The smallest absolute Gasteiger partial charge is 0.427 e. The van der Waals surface area contributed by atoms with Gasteiger partial charge in [-0.25, -0.2) is 0 Å². The molecule has 0 radical (unpaired) electrons. The minimum absolute atomic E-state index is 0.0723. The third kappa shape index (κ3) is 3.75. The fraction of sp³-hybridized carbons (Fsp3) is 1.00. The molecule has 19 heavy (non-hydrogen) atoms. The highest BCUT2D eigenvalue weighted by Gasteiger charge is 2.57.